The quantitative estimate of drug-likeness (QED) is 0.789. The van der Waals surface area contributed by atoms with Crippen LogP contribution in [0.2, 0.25) is 0 Å². The second-order valence-corrected chi connectivity index (χ2v) is 6.81. The molecule has 2 N–H and O–H groups in total. The highest BCUT2D eigenvalue weighted by molar-refractivity contribution is 5.70. The minimum atomic E-state index is -0.715. The summed E-state index contributed by atoms with van der Waals surface area (Å²) in [6.07, 6.45) is 4.91. The molecule has 0 aromatic carbocycles. The zero-order valence-electron chi connectivity index (χ0n) is 12.7. The molecule has 0 aromatic heterocycles. The maximum atomic E-state index is 11.0. The number of likely N-dealkylation sites (tertiary alicyclic amines) is 1. The van der Waals surface area contributed by atoms with Gasteiger partial charge in [0.2, 0.25) is 0 Å². The molecule has 2 aliphatic rings. The molecule has 2 fully saturated rings. The summed E-state index contributed by atoms with van der Waals surface area (Å²) in [5, 5.41) is 19.6. The highest BCUT2D eigenvalue weighted by atomic mass is 16.4. The van der Waals surface area contributed by atoms with Crippen molar-refractivity contribution in [2.24, 2.45) is 5.92 Å². The molecule has 1 aliphatic carbocycles. The van der Waals surface area contributed by atoms with Crippen LogP contribution in [0.5, 0.6) is 0 Å². The van der Waals surface area contributed by atoms with E-state index in [1.54, 1.807) is 0 Å². The van der Waals surface area contributed by atoms with Crippen molar-refractivity contribution in [3.05, 3.63) is 0 Å². The average molecular weight is 284 g/mol. The number of carbonyl (C=O) groups is 1. The van der Waals surface area contributed by atoms with Gasteiger partial charge in [0, 0.05) is 19.1 Å². The smallest absolute Gasteiger partial charge is 0.306 e. The standard InChI is InChI=1S/C15H28N2O3/c1-16(10-13-4-3-9-17(13)2)11-15(20)7-5-12(6-8-15)14(18)19/h12-13,20H,3-11H2,1-2H3,(H,18,19). The zero-order chi connectivity index (χ0) is 14.8. The number of hydrogen-bond acceptors (Lipinski definition) is 4. The minimum Gasteiger partial charge on any atom is -0.481 e. The van der Waals surface area contributed by atoms with Gasteiger partial charge in [-0.3, -0.25) is 4.79 Å². The van der Waals surface area contributed by atoms with E-state index in [4.69, 9.17) is 5.11 Å². The van der Waals surface area contributed by atoms with Gasteiger partial charge < -0.3 is 20.0 Å². The predicted octanol–water partition coefficient (Wildman–Crippen LogP) is 1.02. The Labute approximate surface area is 121 Å². The predicted molar refractivity (Wildman–Crippen MR) is 77.7 cm³/mol. The first-order valence-electron chi connectivity index (χ1n) is 7.73. The molecular formula is C15H28N2O3. The normalized spacial score (nSPS) is 35.6. The molecule has 20 heavy (non-hydrogen) atoms. The summed E-state index contributed by atoms with van der Waals surface area (Å²) in [5.41, 5.74) is -0.697. The fourth-order valence-corrected chi connectivity index (χ4v) is 3.70. The number of aliphatic hydroxyl groups is 1. The molecule has 1 saturated heterocycles. The van der Waals surface area contributed by atoms with E-state index in [9.17, 15) is 9.90 Å². The maximum Gasteiger partial charge on any atom is 0.306 e. The van der Waals surface area contributed by atoms with Crippen molar-refractivity contribution in [2.75, 3.05) is 33.7 Å². The number of rotatable bonds is 5. The molecule has 0 bridgehead atoms. The summed E-state index contributed by atoms with van der Waals surface area (Å²) in [6.45, 7) is 2.81. The fourth-order valence-electron chi connectivity index (χ4n) is 3.70. The molecule has 1 atom stereocenters. The lowest BCUT2D eigenvalue weighted by Gasteiger charge is -2.38. The van der Waals surface area contributed by atoms with Crippen LogP contribution in [-0.4, -0.2) is 71.4 Å². The van der Waals surface area contributed by atoms with E-state index in [1.807, 2.05) is 0 Å². The summed E-state index contributed by atoms with van der Waals surface area (Å²) in [4.78, 5) is 15.6. The Kier molecular flexibility index (Phi) is 5.04. The first-order chi connectivity index (χ1) is 9.39. The van der Waals surface area contributed by atoms with Crippen molar-refractivity contribution in [2.45, 2.75) is 50.2 Å². The lowest BCUT2D eigenvalue weighted by atomic mass is 9.78. The Morgan fingerprint density at radius 3 is 2.50 bits per heavy atom. The van der Waals surface area contributed by atoms with Gasteiger partial charge >= 0.3 is 5.97 Å². The molecule has 2 rings (SSSR count). The van der Waals surface area contributed by atoms with Crippen molar-refractivity contribution in [1.82, 2.24) is 9.80 Å². The van der Waals surface area contributed by atoms with E-state index >= 15 is 0 Å². The number of carboxylic acid groups (broad SMARTS) is 1. The summed E-state index contributed by atoms with van der Waals surface area (Å²) in [7, 11) is 4.23. The molecule has 5 heteroatoms. The van der Waals surface area contributed by atoms with Gasteiger partial charge in [-0.1, -0.05) is 0 Å². The maximum absolute atomic E-state index is 11.0. The van der Waals surface area contributed by atoms with Crippen LogP contribution in [0.1, 0.15) is 38.5 Å². The summed E-state index contributed by atoms with van der Waals surface area (Å²) < 4.78 is 0. The van der Waals surface area contributed by atoms with Gasteiger partial charge in [0.15, 0.2) is 0 Å². The molecular weight excluding hydrogens is 256 g/mol. The number of nitrogens with zero attached hydrogens (tertiary/aromatic N) is 2. The Hall–Kier alpha value is -0.650. The van der Waals surface area contributed by atoms with Gasteiger partial charge in [-0.2, -0.15) is 0 Å². The monoisotopic (exact) mass is 284 g/mol. The van der Waals surface area contributed by atoms with Gasteiger partial charge in [-0.25, -0.2) is 0 Å². The molecule has 116 valence electrons. The Morgan fingerprint density at radius 1 is 1.35 bits per heavy atom. The van der Waals surface area contributed by atoms with E-state index < -0.39 is 11.6 Å². The second kappa shape index (κ2) is 6.41. The molecule has 1 saturated carbocycles. The van der Waals surface area contributed by atoms with E-state index in [0.717, 1.165) is 6.54 Å². The van der Waals surface area contributed by atoms with Crippen LogP contribution in [0.4, 0.5) is 0 Å². The molecule has 1 heterocycles. The lowest BCUT2D eigenvalue weighted by Crippen LogP contribution is -2.47. The molecule has 0 amide bonds. The van der Waals surface area contributed by atoms with Crippen LogP contribution in [0.3, 0.4) is 0 Å². The van der Waals surface area contributed by atoms with Crippen molar-refractivity contribution in [3.8, 4) is 0 Å². The van der Waals surface area contributed by atoms with Crippen LogP contribution >= 0.6 is 0 Å². The largest absolute Gasteiger partial charge is 0.481 e. The van der Waals surface area contributed by atoms with Crippen molar-refractivity contribution < 1.29 is 15.0 Å². The Morgan fingerprint density at radius 2 is 2.00 bits per heavy atom. The molecule has 0 aromatic rings. The minimum absolute atomic E-state index is 0.262. The molecule has 0 radical (unpaired) electrons. The van der Waals surface area contributed by atoms with Crippen LogP contribution in [0.15, 0.2) is 0 Å². The second-order valence-electron chi connectivity index (χ2n) is 6.81. The van der Waals surface area contributed by atoms with Crippen molar-refractivity contribution >= 4 is 5.97 Å². The van der Waals surface area contributed by atoms with E-state index in [0.29, 0.717) is 38.3 Å². The van der Waals surface area contributed by atoms with Gasteiger partial charge in [0.25, 0.3) is 0 Å². The van der Waals surface area contributed by atoms with Crippen LogP contribution in [0, 0.1) is 5.92 Å². The average Bonchev–Trinajstić information content (AvgIpc) is 2.74. The van der Waals surface area contributed by atoms with Crippen LogP contribution in [-0.2, 0) is 4.79 Å². The third kappa shape index (κ3) is 3.93. The lowest BCUT2D eigenvalue weighted by molar-refractivity contribution is -0.145. The first kappa shape index (κ1) is 15.7. The Bertz CT molecular complexity index is 340. The molecule has 1 unspecified atom stereocenters. The fraction of sp³-hybridized carbons (Fsp3) is 0.933. The number of likely N-dealkylation sites (N-methyl/N-ethyl adjacent to an activating group) is 2. The third-order valence-corrected chi connectivity index (χ3v) is 5.02. The Balaban J connectivity index is 1.78. The highest BCUT2D eigenvalue weighted by Gasteiger charge is 2.37. The van der Waals surface area contributed by atoms with E-state index in [-0.39, 0.29) is 5.92 Å². The van der Waals surface area contributed by atoms with Crippen LogP contribution < -0.4 is 0 Å². The van der Waals surface area contributed by atoms with E-state index in [2.05, 4.69) is 23.9 Å². The topological polar surface area (TPSA) is 64.0 Å². The number of hydrogen-bond donors (Lipinski definition) is 2. The van der Waals surface area contributed by atoms with Gasteiger partial charge in [0.05, 0.1) is 11.5 Å². The van der Waals surface area contributed by atoms with Gasteiger partial charge in [-0.15, -0.1) is 0 Å². The molecule has 5 nitrogen and oxygen atoms in total. The number of aliphatic carboxylic acids is 1. The zero-order valence-corrected chi connectivity index (χ0v) is 12.7. The van der Waals surface area contributed by atoms with Crippen molar-refractivity contribution in [1.29, 1.82) is 0 Å². The SMILES string of the molecule is CN(CC1CCCN1C)CC1(O)CCC(C(=O)O)CC1. The summed E-state index contributed by atoms with van der Waals surface area (Å²) >= 11 is 0. The third-order valence-electron chi connectivity index (χ3n) is 5.02. The molecule has 1 aliphatic heterocycles. The number of carboxylic acids is 1. The summed E-state index contributed by atoms with van der Waals surface area (Å²) in [5.74, 6) is -0.977. The highest BCUT2D eigenvalue weighted by Crippen LogP contribution is 2.33. The van der Waals surface area contributed by atoms with Crippen molar-refractivity contribution in [3.63, 3.8) is 0 Å². The molecule has 0 spiro atoms. The van der Waals surface area contributed by atoms with Gasteiger partial charge in [0.1, 0.15) is 0 Å². The van der Waals surface area contributed by atoms with E-state index in [1.165, 1.54) is 19.4 Å². The van der Waals surface area contributed by atoms with Gasteiger partial charge in [-0.05, 0) is 59.2 Å². The van der Waals surface area contributed by atoms with Crippen LogP contribution in [0.25, 0.3) is 0 Å². The summed E-state index contributed by atoms with van der Waals surface area (Å²) in [6, 6.07) is 0.596. The first-order valence-corrected chi connectivity index (χ1v) is 7.73.